The zero-order valence-corrected chi connectivity index (χ0v) is 10.3. The average Bonchev–Trinajstić information content (AvgIpc) is 3.01. The standard InChI is InChI=1S/C13H10N4S/c14-11-2-1-7(6-15-11)12-9-5-10-8(3-4-18-10)13(9)17-16-12/h1-4,6H,5H2,(H2,14,15)(H,16,17). The molecule has 4 rings (SSSR count). The Morgan fingerprint density at radius 1 is 1.28 bits per heavy atom. The van der Waals surface area contributed by atoms with E-state index in [0.717, 1.165) is 23.4 Å². The number of aromatic amines is 1. The summed E-state index contributed by atoms with van der Waals surface area (Å²) in [4.78, 5) is 5.53. The normalized spacial score (nSPS) is 12.4. The second kappa shape index (κ2) is 3.43. The highest BCUT2D eigenvalue weighted by Crippen LogP contribution is 2.42. The molecule has 0 fully saturated rings. The van der Waals surface area contributed by atoms with Crippen molar-refractivity contribution in [3.05, 3.63) is 40.2 Å². The van der Waals surface area contributed by atoms with Crippen molar-refractivity contribution in [1.82, 2.24) is 15.2 Å². The smallest absolute Gasteiger partial charge is 0.123 e. The lowest BCUT2D eigenvalue weighted by atomic mass is 10.1. The lowest BCUT2D eigenvalue weighted by Gasteiger charge is -1.99. The van der Waals surface area contributed by atoms with Gasteiger partial charge in [0.2, 0.25) is 0 Å². The quantitative estimate of drug-likeness (QED) is 0.548. The number of anilines is 1. The molecule has 5 heteroatoms. The Labute approximate surface area is 108 Å². The maximum absolute atomic E-state index is 5.61. The van der Waals surface area contributed by atoms with E-state index in [9.17, 15) is 0 Å². The highest BCUT2D eigenvalue weighted by atomic mass is 32.1. The van der Waals surface area contributed by atoms with Gasteiger partial charge in [-0.25, -0.2) is 4.98 Å². The first-order valence-electron chi connectivity index (χ1n) is 5.69. The Morgan fingerprint density at radius 2 is 2.22 bits per heavy atom. The number of aromatic nitrogens is 3. The van der Waals surface area contributed by atoms with Gasteiger partial charge in [-0.2, -0.15) is 5.10 Å². The number of hydrogen-bond acceptors (Lipinski definition) is 4. The van der Waals surface area contributed by atoms with E-state index in [1.54, 1.807) is 23.6 Å². The van der Waals surface area contributed by atoms with E-state index in [0.29, 0.717) is 5.82 Å². The van der Waals surface area contributed by atoms with Crippen LogP contribution in [-0.4, -0.2) is 15.2 Å². The second-order valence-corrected chi connectivity index (χ2v) is 5.33. The van der Waals surface area contributed by atoms with E-state index in [1.165, 1.54) is 16.0 Å². The van der Waals surface area contributed by atoms with Crippen LogP contribution >= 0.6 is 11.3 Å². The monoisotopic (exact) mass is 254 g/mol. The number of nitrogen functional groups attached to an aromatic ring is 1. The number of rotatable bonds is 1. The molecule has 0 amide bonds. The van der Waals surface area contributed by atoms with E-state index in [2.05, 4.69) is 26.6 Å². The summed E-state index contributed by atoms with van der Waals surface area (Å²) in [6.45, 7) is 0. The van der Waals surface area contributed by atoms with E-state index < -0.39 is 0 Å². The van der Waals surface area contributed by atoms with Crippen molar-refractivity contribution in [3.8, 4) is 22.5 Å². The zero-order valence-electron chi connectivity index (χ0n) is 9.47. The van der Waals surface area contributed by atoms with Gasteiger partial charge in [-0.15, -0.1) is 11.3 Å². The minimum atomic E-state index is 0.532. The molecule has 3 aromatic heterocycles. The topological polar surface area (TPSA) is 67.6 Å². The summed E-state index contributed by atoms with van der Waals surface area (Å²) in [5.41, 5.74) is 11.3. The minimum Gasteiger partial charge on any atom is -0.384 e. The number of pyridine rings is 1. The number of hydrogen-bond donors (Lipinski definition) is 2. The van der Waals surface area contributed by atoms with Crippen molar-refractivity contribution in [1.29, 1.82) is 0 Å². The zero-order chi connectivity index (χ0) is 12.1. The van der Waals surface area contributed by atoms with Crippen LogP contribution in [0.1, 0.15) is 10.4 Å². The van der Waals surface area contributed by atoms with Gasteiger partial charge in [-0.3, -0.25) is 5.10 Å². The molecular formula is C13H10N4S. The lowest BCUT2D eigenvalue weighted by molar-refractivity contribution is 1.09. The molecular weight excluding hydrogens is 244 g/mol. The summed E-state index contributed by atoms with van der Waals surface area (Å²) >= 11 is 1.80. The highest BCUT2D eigenvalue weighted by molar-refractivity contribution is 7.10. The maximum Gasteiger partial charge on any atom is 0.123 e. The van der Waals surface area contributed by atoms with Crippen LogP contribution in [0.2, 0.25) is 0 Å². The number of nitrogens with one attached hydrogen (secondary N) is 1. The molecule has 0 saturated carbocycles. The van der Waals surface area contributed by atoms with Crippen LogP contribution in [0.25, 0.3) is 22.5 Å². The van der Waals surface area contributed by atoms with Gasteiger partial charge in [0.1, 0.15) is 5.82 Å². The molecule has 1 aliphatic carbocycles. The number of nitrogens with zero attached hydrogens (tertiary/aromatic N) is 2. The first-order chi connectivity index (χ1) is 8.83. The van der Waals surface area contributed by atoms with Crippen molar-refractivity contribution in [2.75, 3.05) is 5.73 Å². The summed E-state index contributed by atoms with van der Waals surface area (Å²) < 4.78 is 0. The van der Waals surface area contributed by atoms with Gasteiger partial charge in [0.25, 0.3) is 0 Å². The summed E-state index contributed by atoms with van der Waals surface area (Å²) in [6.07, 6.45) is 2.73. The van der Waals surface area contributed by atoms with Crippen LogP contribution < -0.4 is 5.73 Å². The molecule has 0 unspecified atom stereocenters. The Bertz CT molecular complexity index is 724. The molecule has 0 radical (unpaired) electrons. The first-order valence-corrected chi connectivity index (χ1v) is 6.57. The first kappa shape index (κ1) is 9.85. The molecule has 18 heavy (non-hydrogen) atoms. The van der Waals surface area contributed by atoms with Crippen LogP contribution in [0, 0.1) is 0 Å². The third kappa shape index (κ3) is 1.25. The summed E-state index contributed by atoms with van der Waals surface area (Å²) in [5.74, 6) is 0.532. The summed E-state index contributed by atoms with van der Waals surface area (Å²) in [6, 6.07) is 5.92. The fourth-order valence-electron chi connectivity index (χ4n) is 2.41. The van der Waals surface area contributed by atoms with Crippen LogP contribution in [-0.2, 0) is 6.42 Å². The van der Waals surface area contributed by atoms with E-state index in [4.69, 9.17) is 5.73 Å². The van der Waals surface area contributed by atoms with E-state index >= 15 is 0 Å². The van der Waals surface area contributed by atoms with Crippen molar-refractivity contribution >= 4 is 17.2 Å². The molecule has 0 saturated heterocycles. The van der Waals surface area contributed by atoms with Crippen LogP contribution in [0.15, 0.2) is 29.8 Å². The van der Waals surface area contributed by atoms with Gasteiger partial charge in [0.05, 0.1) is 11.4 Å². The molecule has 1 aliphatic rings. The number of thiophene rings is 1. The van der Waals surface area contributed by atoms with Crippen LogP contribution in [0.4, 0.5) is 5.82 Å². The third-order valence-corrected chi connectivity index (χ3v) is 4.20. The van der Waals surface area contributed by atoms with Crippen LogP contribution in [0.3, 0.4) is 0 Å². The largest absolute Gasteiger partial charge is 0.384 e. The highest BCUT2D eigenvalue weighted by Gasteiger charge is 2.25. The van der Waals surface area contributed by atoms with Gasteiger partial charge >= 0.3 is 0 Å². The van der Waals surface area contributed by atoms with Gasteiger partial charge in [-0.05, 0) is 23.6 Å². The lowest BCUT2D eigenvalue weighted by Crippen LogP contribution is -1.91. The number of fused-ring (bicyclic) bond motifs is 3. The van der Waals surface area contributed by atoms with Gasteiger partial charge in [-0.1, -0.05) is 0 Å². The molecule has 0 atom stereocenters. The predicted molar refractivity (Wildman–Crippen MR) is 72.4 cm³/mol. The van der Waals surface area contributed by atoms with E-state index in [-0.39, 0.29) is 0 Å². The third-order valence-electron chi connectivity index (χ3n) is 3.28. The molecule has 0 aliphatic heterocycles. The fraction of sp³-hybridized carbons (Fsp3) is 0.0769. The molecule has 3 heterocycles. The molecule has 0 spiro atoms. The van der Waals surface area contributed by atoms with Crippen molar-refractivity contribution in [2.45, 2.75) is 6.42 Å². The van der Waals surface area contributed by atoms with Gasteiger partial charge in [0.15, 0.2) is 0 Å². The Hall–Kier alpha value is -2.14. The average molecular weight is 254 g/mol. The number of nitrogens with two attached hydrogens (primary N) is 1. The van der Waals surface area contributed by atoms with Crippen molar-refractivity contribution in [2.24, 2.45) is 0 Å². The Balaban J connectivity index is 1.87. The Morgan fingerprint density at radius 3 is 3.06 bits per heavy atom. The number of H-pyrrole nitrogens is 1. The maximum atomic E-state index is 5.61. The molecule has 3 N–H and O–H groups in total. The second-order valence-electron chi connectivity index (χ2n) is 4.33. The molecule has 0 aromatic carbocycles. The van der Waals surface area contributed by atoms with Crippen molar-refractivity contribution in [3.63, 3.8) is 0 Å². The SMILES string of the molecule is Nc1ccc(-c2n[nH]c3c2Cc2sccc2-3)cn1. The predicted octanol–water partition coefficient (Wildman–Crippen LogP) is 2.69. The minimum absolute atomic E-state index is 0.532. The Kier molecular flexibility index (Phi) is 1.87. The summed E-state index contributed by atoms with van der Waals surface area (Å²) in [7, 11) is 0. The van der Waals surface area contributed by atoms with Crippen molar-refractivity contribution < 1.29 is 0 Å². The van der Waals surface area contributed by atoms with Gasteiger partial charge in [0, 0.05) is 34.2 Å². The summed E-state index contributed by atoms with van der Waals surface area (Å²) in [5, 5.41) is 9.68. The molecule has 4 nitrogen and oxygen atoms in total. The van der Waals surface area contributed by atoms with Gasteiger partial charge < -0.3 is 5.73 Å². The molecule has 0 bridgehead atoms. The fourth-order valence-corrected chi connectivity index (χ4v) is 3.30. The van der Waals surface area contributed by atoms with Crippen LogP contribution in [0.5, 0.6) is 0 Å². The molecule has 88 valence electrons. The van der Waals surface area contributed by atoms with E-state index in [1.807, 2.05) is 6.07 Å². The molecule has 3 aromatic rings.